The molecule has 0 bridgehead atoms. The summed E-state index contributed by atoms with van der Waals surface area (Å²) in [6.07, 6.45) is 0.507. The minimum atomic E-state index is -0.380. The Kier molecular flexibility index (Phi) is 2.85. The van der Waals surface area contributed by atoms with Crippen molar-refractivity contribution in [3.63, 3.8) is 0 Å². The second kappa shape index (κ2) is 4.87. The van der Waals surface area contributed by atoms with Gasteiger partial charge in [0, 0.05) is 5.56 Å². The Morgan fingerprint density at radius 3 is 2.77 bits per heavy atom. The number of imide groups is 1. The number of hydrogen-bond acceptors (Lipinski definition) is 4. The van der Waals surface area contributed by atoms with E-state index in [0.717, 1.165) is 11.1 Å². The van der Waals surface area contributed by atoms with Gasteiger partial charge in [0.2, 0.25) is 12.7 Å². The van der Waals surface area contributed by atoms with E-state index < -0.39 is 0 Å². The van der Waals surface area contributed by atoms with E-state index in [1.807, 2.05) is 30.3 Å². The van der Waals surface area contributed by atoms with Crippen molar-refractivity contribution < 1.29 is 19.1 Å². The van der Waals surface area contributed by atoms with Gasteiger partial charge in [-0.2, -0.15) is 0 Å². The van der Waals surface area contributed by atoms with E-state index >= 15 is 0 Å². The molecule has 110 valence electrons. The summed E-state index contributed by atoms with van der Waals surface area (Å²) < 4.78 is 10.7. The van der Waals surface area contributed by atoms with E-state index in [1.54, 1.807) is 12.1 Å². The molecule has 2 aliphatic rings. The first-order valence-electron chi connectivity index (χ1n) is 7.05. The maximum absolute atomic E-state index is 12.2. The summed E-state index contributed by atoms with van der Waals surface area (Å²) in [5, 5.41) is 2.42. The van der Waals surface area contributed by atoms with E-state index in [2.05, 4.69) is 5.32 Å². The Morgan fingerprint density at radius 2 is 1.86 bits per heavy atom. The van der Waals surface area contributed by atoms with E-state index in [-0.39, 0.29) is 24.5 Å². The van der Waals surface area contributed by atoms with Crippen LogP contribution in [0.4, 0.5) is 0 Å². The first-order chi connectivity index (χ1) is 10.7. The molecule has 5 heteroatoms. The van der Waals surface area contributed by atoms with Gasteiger partial charge < -0.3 is 9.47 Å². The van der Waals surface area contributed by atoms with Gasteiger partial charge in [-0.15, -0.1) is 0 Å². The smallest absolute Gasteiger partial charge is 0.258 e. The minimum absolute atomic E-state index is 0.222. The molecule has 22 heavy (non-hydrogen) atoms. The predicted octanol–water partition coefficient (Wildman–Crippen LogP) is 2.01. The fraction of sp³-hybridized carbons (Fsp3) is 0.176. The molecule has 4 rings (SSSR count). The molecule has 0 aromatic heterocycles. The van der Waals surface area contributed by atoms with Crippen LogP contribution in [-0.4, -0.2) is 18.6 Å². The van der Waals surface area contributed by atoms with Crippen LogP contribution in [0, 0.1) is 0 Å². The summed E-state index contributed by atoms with van der Waals surface area (Å²) in [6, 6.07) is 12.9. The zero-order valence-electron chi connectivity index (χ0n) is 11.7. The molecule has 0 spiro atoms. The lowest BCUT2D eigenvalue weighted by Crippen LogP contribution is -2.41. The van der Waals surface area contributed by atoms with Crippen molar-refractivity contribution in [2.24, 2.45) is 0 Å². The van der Waals surface area contributed by atoms with Crippen molar-refractivity contribution in [3.05, 3.63) is 59.2 Å². The number of nitrogens with one attached hydrogen (secondary N) is 1. The van der Waals surface area contributed by atoms with E-state index in [1.165, 1.54) is 0 Å². The number of amides is 2. The van der Waals surface area contributed by atoms with Gasteiger partial charge in [0.1, 0.15) is 0 Å². The summed E-state index contributed by atoms with van der Waals surface area (Å²) in [5.41, 5.74) is 2.30. The van der Waals surface area contributed by atoms with E-state index in [0.29, 0.717) is 23.5 Å². The molecular weight excluding hydrogens is 282 g/mol. The van der Waals surface area contributed by atoms with Gasteiger partial charge in [0.15, 0.2) is 11.5 Å². The Morgan fingerprint density at radius 1 is 1.05 bits per heavy atom. The van der Waals surface area contributed by atoms with E-state index in [9.17, 15) is 9.59 Å². The van der Waals surface area contributed by atoms with Crippen LogP contribution in [0.3, 0.4) is 0 Å². The molecule has 2 aromatic rings. The average Bonchev–Trinajstić information content (AvgIpc) is 2.99. The third kappa shape index (κ3) is 2.02. The lowest BCUT2D eigenvalue weighted by molar-refractivity contribution is -0.121. The predicted molar refractivity (Wildman–Crippen MR) is 77.9 cm³/mol. The molecule has 0 aliphatic carbocycles. The van der Waals surface area contributed by atoms with Gasteiger partial charge in [-0.3, -0.25) is 14.9 Å². The van der Waals surface area contributed by atoms with Crippen LogP contribution in [-0.2, 0) is 11.2 Å². The number of hydrogen-bond donors (Lipinski definition) is 1. The molecule has 0 saturated carbocycles. The highest BCUT2D eigenvalue weighted by Gasteiger charge is 2.32. The summed E-state index contributed by atoms with van der Waals surface area (Å²) >= 11 is 0. The molecule has 0 radical (unpaired) electrons. The normalized spacial score (nSPS) is 18.8. The molecule has 0 saturated heterocycles. The van der Waals surface area contributed by atoms with Crippen molar-refractivity contribution in [1.29, 1.82) is 0 Å². The Balaban J connectivity index is 1.69. The molecule has 5 nitrogen and oxygen atoms in total. The molecule has 2 aliphatic heterocycles. The lowest BCUT2D eigenvalue weighted by Gasteiger charge is -2.24. The molecule has 1 unspecified atom stereocenters. The fourth-order valence-electron chi connectivity index (χ4n) is 2.92. The first kappa shape index (κ1) is 12.9. The monoisotopic (exact) mass is 295 g/mol. The van der Waals surface area contributed by atoms with Crippen LogP contribution < -0.4 is 14.8 Å². The first-order valence-corrected chi connectivity index (χ1v) is 7.05. The maximum Gasteiger partial charge on any atom is 0.258 e. The van der Waals surface area contributed by atoms with Crippen LogP contribution >= 0.6 is 0 Å². The Bertz CT molecular complexity index is 784. The quantitative estimate of drug-likeness (QED) is 0.861. The molecule has 1 N–H and O–H groups in total. The Hall–Kier alpha value is -2.82. The summed E-state index contributed by atoms with van der Waals surface area (Å²) in [7, 11) is 0. The summed E-state index contributed by atoms with van der Waals surface area (Å²) in [5.74, 6) is 0.434. The largest absolute Gasteiger partial charge is 0.454 e. The highest BCUT2D eigenvalue weighted by atomic mass is 16.7. The SMILES string of the molecule is O=C1NC(=O)C(Cc2ccc3c(c2)OCO3)c2ccccc21. The van der Waals surface area contributed by atoms with Crippen molar-refractivity contribution in [1.82, 2.24) is 5.32 Å². The van der Waals surface area contributed by atoms with Crippen LogP contribution in [0.1, 0.15) is 27.4 Å². The van der Waals surface area contributed by atoms with Crippen molar-refractivity contribution in [3.8, 4) is 11.5 Å². The zero-order valence-corrected chi connectivity index (χ0v) is 11.7. The highest BCUT2D eigenvalue weighted by molar-refractivity contribution is 6.11. The molecular formula is C17H13NO4. The topological polar surface area (TPSA) is 64.6 Å². The zero-order chi connectivity index (χ0) is 15.1. The van der Waals surface area contributed by atoms with Gasteiger partial charge in [0.25, 0.3) is 5.91 Å². The number of rotatable bonds is 2. The van der Waals surface area contributed by atoms with Crippen LogP contribution in [0.5, 0.6) is 11.5 Å². The van der Waals surface area contributed by atoms with Crippen molar-refractivity contribution in [2.75, 3.05) is 6.79 Å². The van der Waals surface area contributed by atoms with Crippen LogP contribution in [0.2, 0.25) is 0 Å². The van der Waals surface area contributed by atoms with Gasteiger partial charge in [-0.05, 0) is 35.7 Å². The third-order valence-corrected chi connectivity index (χ3v) is 4.01. The second-order valence-electron chi connectivity index (χ2n) is 5.35. The summed E-state index contributed by atoms with van der Waals surface area (Å²) in [4.78, 5) is 24.1. The van der Waals surface area contributed by atoms with Crippen LogP contribution in [0.15, 0.2) is 42.5 Å². The second-order valence-corrected chi connectivity index (χ2v) is 5.35. The lowest BCUT2D eigenvalue weighted by atomic mass is 9.85. The number of carbonyl (C=O) groups is 2. The number of benzene rings is 2. The fourth-order valence-corrected chi connectivity index (χ4v) is 2.92. The van der Waals surface area contributed by atoms with Gasteiger partial charge in [-0.1, -0.05) is 24.3 Å². The molecule has 1 atom stereocenters. The van der Waals surface area contributed by atoms with Gasteiger partial charge in [-0.25, -0.2) is 0 Å². The minimum Gasteiger partial charge on any atom is -0.454 e. The number of carbonyl (C=O) groups excluding carboxylic acids is 2. The number of ether oxygens (including phenoxy) is 2. The van der Waals surface area contributed by atoms with Crippen molar-refractivity contribution >= 4 is 11.8 Å². The van der Waals surface area contributed by atoms with E-state index in [4.69, 9.17) is 9.47 Å². The van der Waals surface area contributed by atoms with Gasteiger partial charge >= 0.3 is 0 Å². The average molecular weight is 295 g/mol. The maximum atomic E-state index is 12.2. The molecule has 2 aromatic carbocycles. The molecule has 0 fully saturated rings. The summed E-state index contributed by atoms with van der Waals surface area (Å²) in [6.45, 7) is 0.222. The number of fused-ring (bicyclic) bond motifs is 2. The Labute approximate surface area is 126 Å². The third-order valence-electron chi connectivity index (χ3n) is 4.01. The standard InChI is InChI=1S/C17H13NO4/c19-16-12-4-2-1-3-11(12)13(17(20)18-16)7-10-5-6-14-15(8-10)22-9-21-14/h1-6,8,13H,7,9H2,(H,18,19,20). The molecule has 2 heterocycles. The molecule has 2 amide bonds. The van der Waals surface area contributed by atoms with Crippen molar-refractivity contribution in [2.45, 2.75) is 12.3 Å². The van der Waals surface area contributed by atoms with Gasteiger partial charge in [0.05, 0.1) is 5.92 Å². The van der Waals surface area contributed by atoms with Crippen LogP contribution in [0.25, 0.3) is 0 Å². The highest BCUT2D eigenvalue weighted by Crippen LogP contribution is 2.35.